The van der Waals surface area contributed by atoms with Crippen molar-refractivity contribution in [2.75, 3.05) is 18.0 Å². The number of carbonyl (C=O) groups excluding carboxylic acids is 1. The van der Waals surface area contributed by atoms with Crippen LogP contribution in [0.1, 0.15) is 32.3 Å². The summed E-state index contributed by atoms with van der Waals surface area (Å²) in [4.78, 5) is 14.2. The summed E-state index contributed by atoms with van der Waals surface area (Å²) in [5.74, 6) is -0.140. The Balaban J connectivity index is 2.32. The summed E-state index contributed by atoms with van der Waals surface area (Å²) in [6.45, 7) is 4.58. The Morgan fingerprint density at radius 3 is 2.77 bits per heavy atom. The molecule has 6 nitrogen and oxygen atoms in total. The minimum Gasteiger partial charge on any atom is -0.320 e. The Kier molecular flexibility index (Phi) is 5.20. The highest BCUT2D eigenvalue weighted by Crippen LogP contribution is 2.31. The standard InChI is InChI=1S/C15H23N3O3S/c1-3-5-13(16)15(19)18-9-8-11-6-7-12(10-14(11)18)22(20,21)17-4-2/h6-7,10,13,17H,3-5,8-9,16H2,1-2H3. The summed E-state index contributed by atoms with van der Waals surface area (Å²) in [5, 5.41) is 0. The molecule has 7 heteroatoms. The molecule has 1 unspecified atom stereocenters. The average Bonchev–Trinajstić information content (AvgIpc) is 2.89. The predicted octanol–water partition coefficient (Wildman–Crippen LogP) is 1.00. The quantitative estimate of drug-likeness (QED) is 0.816. The van der Waals surface area contributed by atoms with E-state index in [1.54, 1.807) is 30.0 Å². The molecule has 0 saturated heterocycles. The van der Waals surface area contributed by atoms with Crippen LogP contribution in [0.2, 0.25) is 0 Å². The van der Waals surface area contributed by atoms with E-state index < -0.39 is 16.1 Å². The lowest BCUT2D eigenvalue weighted by atomic mass is 10.1. The summed E-state index contributed by atoms with van der Waals surface area (Å²) in [5.41, 5.74) is 7.56. The van der Waals surface area contributed by atoms with Crippen molar-refractivity contribution in [1.82, 2.24) is 4.72 Å². The minimum atomic E-state index is -3.53. The van der Waals surface area contributed by atoms with Crippen molar-refractivity contribution >= 4 is 21.6 Å². The van der Waals surface area contributed by atoms with Crippen LogP contribution in [-0.4, -0.2) is 33.5 Å². The zero-order valence-corrected chi connectivity index (χ0v) is 13.8. The van der Waals surface area contributed by atoms with Crippen LogP contribution in [0, 0.1) is 0 Å². The Hall–Kier alpha value is -1.44. The molecule has 3 N–H and O–H groups in total. The number of anilines is 1. The first-order chi connectivity index (χ1) is 10.4. The van der Waals surface area contributed by atoms with E-state index in [-0.39, 0.29) is 10.8 Å². The molecule has 0 saturated carbocycles. The molecule has 1 atom stereocenters. The molecule has 1 aliphatic heterocycles. The van der Waals surface area contributed by atoms with Crippen LogP contribution in [-0.2, 0) is 21.2 Å². The molecule has 0 bridgehead atoms. The summed E-state index contributed by atoms with van der Waals surface area (Å²) in [6, 6.07) is 4.39. The maximum absolute atomic E-state index is 12.4. The first-order valence-corrected chi connectivity index (χ1v) is 9.08. The van der Waals surface area contributed by atoms with E-state index in [9.17, 15) is 13.2 Å². The van der Waals surface area contributed by atoms with E-state index in [1.165, 1.54) is 0 Å². The Morgan fingerprint density at radius 1 is 1.41 bits per heavy atom. The Labute approximate surface area is 131 Å². The molecule has 22 heavy (non-hydrogen) atoms. The van der Waals surface area contributed by atoms with Gasteiger partial charge in [-0.05, 0) is 30.5 Å². The van der Waals surface area contributed by atoms with E-state index in [1.807, 2.05) is 6.92 Å². The van der Waals surface area contributed by atoms with Gasteiger partial charge in [0, 0.05) is 18.8 Å². The number of benzene rings is 1. The van der Waals surface area contributed by atoms with Gasteiger partial charge in [0.05, 0.1) is 10.9 Å². The monoisotopic (exact) mass is 325 g/mol. The zero-order chi connectivity index (χ0) is 16.3. The highest BCUT2D eigenvalue weighted by Gasteiger charge is 2.29. The fourth-order valence-electron chi connectivity index (χ4n) is 2.66. The van der Waals surface area contributed by atoms with Crippen LogP contribution in [0.25, 0.3) is 0 Å². The largest absolute Gasteiger partial charge is 0.320 e. The third-order valence-corrected chi connectivity index (χ3v) is 5.32. The van der Waals surface area contributed by atoms with E-state index >= 15 is 0 Å². The molecule has 1 amide bonds. The SMILES string of the molecule is CCCC(N)C(=O)N1CCc2ccc(S(=O)(=O)NCC)cc21. The van der Waals surface area contributed by atoms with Crippen molar-refractivity contribution in [3.05, 3.63) is 23.8 Å². The van der Waals surface area contributed by atoms with E-state index in [4.69, 9.17) is 5.73 Å². The molecular weight excluding hydrogens is 302 g/mol. The number of sulfonamides is 1. The van der Waals surface area contributed by atoms with Crippen molar-refractivity contribution in [3.8, 4) is 0 Å². The number of amides is 1. The number of nitrogens with one attached hydrogen (secondary N) is 1. The molecule has 1 heterocycles. The van der Waals surface area contributed by atoms with E-state index in [2.05, 4.69) is 4.72 Å². The Bertz CT molecular complexity index is 658. The van der Waals surface area contributed by atoms with Gasteiger partial charge in [-0.3, -0.25) is 4.79 Å². The van der Waals surface area contributed by atoms with Crippen molar-refractivity contribution in [3.63, 3.8) is 0 Å². The molecule has 0 fully saturated rings. The van der Waals surface area contributed by atoms with Gasteiger partial charge >= 0.3 is 0 Å². The molecule has 0 aliphatic carbocycles. The van der Waals surface area contributed by atoms with Crippen LogP contribution in [0.5, 0.6) is 0 Å². The van der Waals surface area contributed by atoms with Crippen LogP contribution in [0.4, 0.5) is 5.69 Å². The maximum atomic E-state index is 12.4. The van der Waals surface area contributed by atoms with Crippen LogP contribution in [0.15, 0.2) is 23.1 Å². The topological polar surface area (TPSA) is 92.5 Å². The highest BCUT2D eigenvalue weighted by molar-refractivity contribution is 7.89. The normalized spacial score (nSPS) is 15.7. The number of nitrogens with zero attached hydrogens (tertiary/aromatic N) is 1. The molecule has 0 aromatic heterocycles. The lowest BCUT2D eigenvalue weighted by Gasteiger charge is -2.21. The third kappa shape index (κ3) is 3.31. The van der Waals surface area contributed by atoms with Crippen molar-refractivity contribution in [1.29, 1.82) is 0 Å². The summed E-state index contributed by atoms with van der Waals surface area (Å²) in [6.07, 6.45) is 2.18. The van der Waals surface area contributed by atoms with Crippen molar-refractivity contribution in [2.45, 2.75) is 44.0 Å². The Morgan fingerprint density at radius 2 is 2.14 bits per heavy atom. The number of nitrogens with two attached hydrogens (primary N) is 1. The van der Waals surface area contributed by atoms with Gasteiger partial charge in [-0.15, -0.1) is 0 Å². The van der Waals surface area contributed by atoms with E-state index in [0.717, 1.165) is 18.4 Å². The first kappa shape index (κ1) is 16.9. The fraction of sp³-hybridized carbons (Fsp3) is 0.533. The second-order valence-corrected chi connectivity index (χ2v) is 7.19. The second-order valence-electron chi connectivity index (χ2n) is 5.43. The molecule has 0 spiro atoms. The number of rotatable bonds is 6. The molecule has 2 rings (SSSR count). The van der Waals surface area contributed by atoms with Crippen molar-refractivity contribution < 1.29 is 13.2 Å². The van der Waals surface area contributed by atoms with Crippen LogP contribution >= 0.6 is 0 Å². The lowest BCUT2D eigenvalue weighted by molar-refractivity contribution is -0.119. The average molecular weight is 325 g/mol. The zero-order valence-electron chi connectivity index (χ0n) is 13.0. The van der Waals surface area contributed by atoms with Gasteiger partial charge in [0.1, 0.15) is 0 Å². The number of hydrogen-bond donors (Lipinski definition) is 2. The van der Waals surface area contributed by atoms with Crippen LogP contribution in [0.3, 0.4) is 0 Å². The fourth-order valence-corrected chi connectivity index (χ4v) is 3.72. The van der Waals surface area contributed by atoms with Gasteiger partial charge in [0.25, 0.3) is 0 Å². The molecule has 1 aromatic rings. The molecule has 1 aromatic carbocycles. The maximum Gasteiger partial charge on any atom is 0.243 e. The molecule has 122 valence electrons. The van der Waals surface area contributed by atoms with E-state index in [0.29, 0.717) is 25.2 Å². The molecular formula is C15H23N3O3S. The van der Waals surface area contributed by atoms with Gasteiger partial charge < -0.3 is 10.6 Å². The van der Waals surface area contributed by atoms with Crippen LogP contribution < -0.4 is 15.4 Å². The predicted molar refractivity (Wildman–Crippen MR) is 86.2 cm³/mol. The summed E-state index contributed by atoms with van der Waals surface area (Å²) in [7, 11) is -3.53. The van der Waals surface area contributed by atoms with Crippen molar-refractivity contribution in [2.24, 2.45) is 5.73 Å². The number of hydrogen-bond acceptors (Lipinski definition) is 4. The van der Waals surface area contributed by atoms with Gasteiger partial charge in [0.2, 0.25) is 15.9 Å². The summed E-state index contributed by atoms with van der Waals surface area (Å²) < 4.78 is 26.7. The van der Waals surface area contributed by atoms with Gasteiger partial charge in [-0.25, -0.2) is 13.1 Å². The molecule has 0 radical (unpaired) electrons. The third-order valence-electron chi connectivity index (χ3n) is 3.78. The first-order valence-electron chi connectivity index (χ1n) is 7.60. The minimum absolute atomic E-state index is 0.140. The second kappa shape index (κ2) is 6.76. The lowest BCUT2D eigenvalue weighted by Crippen LogP contribution is -2.43. The smallest absolute Gasteiger partial charge is 0.243 e. The van der Waals surface area contributed by atoms with Gasteiger partial charge in [-0.2, -0.15) is 0 Å². The van der Waals surface area contributed by atoms with Gasteiger partial charge in [0.15, 0.2) is 0 Å². The highest BCUT2D eigenvalue weighted by atomic mass is 32.2. The summed E-state index contributed by atoms with van der Waals surface area (Å²) >= 11 is 0. The number of carbonyl (C=O) groups is 1. The molecule has 1 aliphatic rings. The van der Waals surface area contributed by atoms with Gasteiger partial charge in [-0.1, -0.05) is 26.3 Å². The number of fused-ring (bicyclic) bond motifs is 1.